The lowest BCUT2D eigenvalue weighted by Gasteiger charge is -2.11. The molecule has 2 N–H and O–H groups in total. The molecule has 1 heterocycles. The topological polar surface area (TPSA) is 71.1 Å². The number of nitrogens with zero attached hydrogens (tertiary/aromatic N) is 1. The summed E-state index contributed by atoms with van der Waals surface area (Å²) < 4.78 is 41.0. The fourth-order valence-electron chi connectivity index (χ4n) is 1.92. The molecule has 0 radical (unpaired) electrons. The zero-order valence-corrected chi connectivity index (χ0v) is 12.5. The van der Waals surface area contributed by atoms with E-state index in [1.54, 1.807) is 25.4 Å². The summed E-state index contributed by atoms with van der Waals surface area (Å²) in [7, 11) is -2.11. The first-order valence-corrected chi connectivity index (χ1v) is 7.79. The van der Waals surface area contributed by atoms with Crippen LogP contribution in [0.1, 0.15) is 11.1 Å². The van der Waals surface area contributed by atoms with Crippen molar-refractivity contribution in [1.29, 1.82) is 0 Å². The van der Waals surface area contributed by atoms with Crippen LogP contribution in [-0.4, -0.2) is 20.4 Å². The molecule has 0 bridgehead atoms. The molecule has 1 aromatic carbocycles. The molecule has 0 atom stereocenters. The van der Waals surface area contributed by atoms with Gasteiger partial charge in [0, 0.05) is 18.3 Å². The summed E-state index contributed by atoms with van der Waals surface area (Å²) in [5.74, 6) is -0.398. The Morgan fingerprint density at radius 1 is 1.33 bits per heavy atom. The number of aryl methyl sites for hydroxylation is 1. The second-order valence-corrected chi connectivity index (χ2v) is 6.27. The van der Waals surface area contributed by atoms with Gasteiger partial charge in [0.05, 0.1) is 16.8 Å². The molecule has 0 saturated carbocycles. The highest BCUT2D eigenvalue weighted by Crippen LogP contribution is 2.21. The minimum absolute atomic E-state index is 0.0236. The van der Waals surface area contributed by atoms with Crippen molar-refractivity contribution in [2.75, 3.05) is 11.8 Å². The molecule has 0 saturated heterocycles. The molecule has 0 aliphatic heterocycles. The number of hydrogen-bond donors (Lipinski definition) is 2. The Bertz CT molecular complexity index is 733. The van der Waals surface area contributed by atoms with E-state index in [0.29, 0.717) is 11.3 Å². The highest BCUT2D eigenvalue weighted by atomic mass is 32.2. The van der Waals surface area contributed by atoms with Crippen molar-refractivity contribution in [3.8, 4) is 0 Å². The zero-order chi connectivity index (χ0) is 15.5. The van der Waals surface area contributed by atoms with Crippen LogP contribution in [0.3, 0.4) is 0 Å². The molecule has 0 amide bonds. The van der Waals surface area contributed by atoms with Crippen LogP contribution in [-0.2, 0) is 16.6 Å². The first-order valence-electron chi connectivity index (χ1n) is 6.30. The maximum absolute atomic E-state index is 13.9. The predicted molar refractivity (Wildman–Crippen MR) is 78.9 cm³/mol. The first-order chi connectivity index (χ1) is 9.94. The van der Waals surface area contributed by atoms with E-state index in [2.05, 4.69) is 15.0 Å². The number of hydrogen-bond acceptors (Lipinski definition) is 4. The highest BCUT2D eigenvalue weighted by Gasteiger charge is 2.18. The van der Waals surface area contributed by atoms with Crippen molar-refractivity contribution in [3.63, 3.8) is 0 Å². The number of pyridine rings is 1. The third-order valence-corrected chi connectivity index (χ3v) is 4.26. The van der Waals surface area contributed by atoms with E-state index in [1.165, 1.54) is 25.3 Å². The highest BCUT2D eigenvalue weighted by molar-refractivity contribution is 7.92. The van der Waals surface area contributed by atoms with Crippen LogP contribution in [0.15, 0.2) is 41.6 Å². The summed E-state index contributed by atoms with van der Waals surface area (Å²) in [6, 6.07) is 5.86. The molecule has 2 rings (SSSR count). The van der Waals surface area contributed by atoms with E-state index in [9.17, 15) is 12.8 Å². The van der Waals surface area contributed by atoms with E-state index in [1.807, 2.05) is 0 Å². The maximum Gasteiger partial charge on any atom is 0.261 e. The molecule has 7 heteroatoms. The number of sulfonamides is 1. The lowest BCUT2D eigenvalue weighted by atomic mass is 10.1. The molecule has 2 aromatic rings. The predicted octanol–water partition coefficient (Wildman–Crippen LogP) is 2.05. The van der Waals surface area contributed by atoms with Crippen LogP contribution in [0.2, 0.25) is 0 Å². The Balaban J connectivity index is 2.40. The molecule has 5 nitrogen and oxygen atoms in total. The number of aromatic nitrogens is 1. The van der Waals surface area contributed by atoms with Crippen LogP contribution < -0.4 is 10.0 Å². The number of rotatable bonds is 5. The lowest BCUT2D eigenvalue weighted by molar-refractivity contribution is 0.585. The molecular formula is C14H16FN3O2S. The third kappa shape index (κ3) is 3.56. The van der Waals surface area contributed by atoms with Crippen molar-refractivity contribution < 1.29 is 12.8 Å². The molecule has 112 valence electrons. The van der Waals surface area contributed by atoms with Crippen molar-refractivity contribution in [2.45, 2.75) is 18.4 Å². The van der Waals surface area contributed by atoms with E-state index in [-0.39, 0.29) is 17.0 Å². The largest absolute Gasteiger partial charge is 0.316 e. The zero-order valence-electron chi connectivity index (χ0n) is 11.7. The molecule has 1 aromatic heterocycles. The molecule has 0 aliphatic rings. The SMILES string of the molecule is CNCc1cc(S(=O)(=O)Nc2cccnc2)cc(C)c1F. The van der Waals surface area contributed by atoms with E-state index in [4.69, 9.17) is 0 Å². The van der Waals surface area contributed by atoms with Crippen molar-refractivity contribution in [3.05, 3.63) is 53.6 Å². The van der Waals surface area contributed by atoms with Gasteiger partial charge in [-0.05, 0) is 43.8 Å². The maximum atomic E-state index is 13.9. The van der Waals surface area contributed by atoms with Crippen LogP contribution >= 0.6 is 0 Å². The van der Waals surface area contributed by atoms with Gasteiger partial charge in [0.15, 0.2) is 0 Å². The minimum Gasteiger partial charge on any atom is -0.316 e. The molecular weight excluding hydrogens is 293 g/mol. The van der Waals surface area contributed by atoms with Gasteiger partial charge < -0.3 is 5.32 Å². The van der Waals surface area contributed by atoms with Crippen molar-refractivity contribution in [2.24, 2.45) is 0 Å². The van der Waals surface area contributed by atoms with Crippen molar-refractivity contribution in [1.82, 2.24) is 10.3 Å². The van der Waals surface area contributed by atoms with Gasteiger partial charge in [-0.25, -0.2) is 12.8 Å². The second-order valence-electron chi connectivity index (χ2n) is 4.59. The number of nitrogens with one attached hydrogen (secondary N) is 2. The Morgan fingerprint density at radius 3 is 2.71 bits per heavy atom. The van der Waals surface area contributed by atoms with E-state index in [0.717, 1.165) is 0 Å². The number of halogens is 1. The van der Waals surface area contributed by atoms with Gasteiger partial charge in [0.1, 0.15) is 5.82 Å². The molecule has 21 heavy (non-hydrogen) atoms. The standard InChI is InChI=1S/C14H16FN3O2S/c1-10-6-13(7-11(8-16-2)14(10)15)21(19,20)18-12-4-3-5-17-9-12/h3-7,9,16,18H,8H2,1-2H3. The van der Waals surface area contributed by atoms with Gasteiger partial charge in [-0.2, -0.15) is 0 Å². The third-order valence-electron chi connectivity index (χ3n) is 2.89. The van der Waals surface area contributed by atoms with Gasteiger partial charge >= 0.3 is 0 Å². The average molecular weight is 309 g/mol. The second kappa shape index (κ2) is 6.19. The summed E-state index contributed by atoms with van der Waals surface area (Å²) in [6.45, 7) is 1.79. The fraction of sp³-hybridized carbons (Fsp3) is 0.214. The molecule has 0 spiro atoms. The van der Waals surface area contributed by atoms with Gasteiger partial charge in [-0.3, -0.25) is 9.71 Å². The van der Waals surface area contributed by atoms with Gasteiger partial charge in [-0.1, -0.05) is 0 Å². The minimum atomic E-state index is -3.78. The smallest absolute Gasteiger partial charge is 0.261 e. The molecule has 0 fully saturated rings. The van der Waals surface area contributed by atoms with Gasteiger partial charge in [0.2, 0.25) is 0 Å². The van der Waals surface area contributed by atoms with E-state index >= 15 is 0 Å². The summed E-state index contributed by atoms with van der Waals surface area (Å²) in [5, 5.41) is 2.82. The Hall–Kier alpha value is -1.99. The summed E-state index contributed by atoms with van der Waals surface area (Å²) in [4.78, 5) is 3.87. The van der Waals surface area contributed by atoms with Crippen LogP contribution in [0.5, 0.6) is 0 Å². The fourth-order valence-corrected chi connectivity index (χ4v) is 3.10. The van der Waals surface area contributed by atoms with Crippen LogP contribution in [0.25, 0.3) is 0 Å². The first kappa shape index (κ1) is 15.4. The monoisotopic (exact) mass is 309 g/mol. The average Bonchev–Trinajstić information content (AvgIpc) is 2.44. The summed E-state index contributed by atoms with van der Waals surface area (Å²) >= 11 is 0. The molecule has 0 aliphatic carbocycles. The number of benzene rings is 1. The lowest BCUT2D eigenvalue weighted by Crippen LogP contribution is -2.15. The van der Waals surface area contributed by atoms with Gasteiger partial charge in [-0.15, -0.1) is 0 Å². The summed E-state index contributed by atoms with van der Waals surface area (Å²) in [6.07, 6.45) is 2.95. The van der Waals surface area contributed by atoms with Crippen molar-refractivity contribution >= 4 is 15.7 Å². The van der Waals surface area contributed by atoms with Gasteiger partial charge in [0.25, 0.3) is 10.0 Å². The Labute approximate surface area is 123 Å². The molecule has 0 unspecified atom stereocenters. The van der Waals surface area contributed by atoms with Crippen LogP contribution in [0, 0.1) is 12.7 Å². The normalized spacial score (nSPS) is 11.4. The van der Waals surface area contributed by atoms with Crippen LogP contribution in [0.4, 0.5) is 10.1 Å². The Kier molecular flexibility index (Phi) is 4.54. The quantitative estimate of drug-likeness (QED) is 0.887. The summed E-state index contributed by atoms with van der Waals surface area (Å²) in [5.41, 5.74) is 0.952. The Morgan fingerprint density at radius 2 is 2.10 bits per heavy atom. The number of anilines is 1. The van der Waals surface area contributed by atoms with E-state index < -0.39 is 15.8 Å².